The lowest BCUT2D eigenvalue weighted by atomic mass is 9.90. The molecule has 0 spiro atoms. The molecule has 0 saturated carbocycles. The summed E-state index contributed by atoms with van der Waals surface area (Å²) in [4.78, 5) is 2.76. The topological polar surface area (TPSA) is 24.5 Å². The largest absolute Gasteiger partial charge is 0.373 e. The molecular weight excluding hydrogens is 260 g/mol. The fourth-order valence-electron chi connectivity index (χ4n) is 4.47. The van der Waals surface area contributed by atoms with Gasteiger partial charge in [-0.2, -0.15) is 0 Å². The highest BCUT2D eigenvalue weighted by Crippen LogP contribution is 2.39. The average Bonchev–Trinajstić information content (AvgIpc) is 3.18. The summed E-state index contributed by atoms with van der Waals surface area (Å²) < 4.78 is 6.11. The van der Waals surface area contributed by atoms with Crippen LogP contribution in [0.3, 0.4) is 0 Å². The number of piperazine rings is 1. The van der Waals surface area contributed by atoms with Crippen LogP contribution in [0.15, 0.2) is 30.3 Å². The maximum atomic E-state index is 6.11. The standard InChI is InChI=1S/C18H26N2O/c1-2-14-11-19-16(13-6-4-3-5-7-13)12-20(14)17-10-15-8-9-18(17)21-15/h3-7,14-19H,2,8-12H2,1H3. The zero-order valence-electron chi connectivity index (χ0n) is 12.9. The molecule has 5 atom stereocenters. The van der Waals surface area contributed by atoms with E-state index in [1.807, 2.05) is 0 Å². The van der Waals surface area contributed by atoms with Crippen LogP contribution in [0.5, 0.6) is 0 Å². The van der Waals surface area contributed by atoms with Gasteiger partial charge in [0.2, 0.25) is 0 Å². The van der Waals surface area contributed by atoms with Crippen LogP contribution >= 0.6 is 0 Å². The summed E-state index contributed by atoms with van der Waals surface area (Å²) in [6, 6.07) is 12.7. The van der Waals surface area contributed by atoms with Gasteiger partial charge in [0.15, 0.2) is 0 Å². The molecule has 3 saturated heterocycles. The number of nitrogens with zero attached hydrogens (tertiary/aromatic N) is 1. The summed E-state index contributed by atoms with van der Waals surface area (Å²) in [5.41, 5.74) is 1.42. The van der Waals surface area contributed by atoms with E-state index >= 15 is 0 Å². The Balaban J connectivity index is 1.52. The van der Waals surface area contributed by atoms with Crippen molar-refractivity contribution in [1.29, 1.82) is 0 Å². The second kappa shape index (κ2) is 5.71. The number of nitrogens with one attached hydrogen (secondary N) is 1. The lowest BCUT2D eigenvalue weighted by Gasteiger charge is -2.45. The van der Waals surface area contributed by atoms with Crippen LogP contribution in [-0.2, 0) is 4.74 Å². The fraction of sp³-hybridized carbons (Fsp3) is 0.667. The van der Waals surface area contributed by atoms with Crippen LogP contribution in [0, 0.1) is 0 Å². The van der Waals surface area contributed by atoms with E-state index in [1.165, 1.54) is 31.2 Å². The highest BCUT2D eigenvalue weighted by molar-refractivity contribution is 5.20. The molecule has 114 valence electrons. The fourth-order valence-corrected chi connectivity index (χ4v) is 4.47. The first-order valence-electron chi connectivity index (χ1n) is 8.54. The van der Waals surface area contributed by atoms with Crippen molar-refractivity contribution in [3.05, 3.63) is 35.9 Å². The zero-order chi connectivity index (χ0) is 14.2. The van der Waals surface area contributed by atoms with Crippen molar-refractivity contribution in [3.63, 3.8) is 0 Å². The molecule has 0 amide bonds. The Morgan fingerprint density at radius 1 is 1.24 bits per heavy atom. The number of hydrogen-bond donors (Lipinski definition) is 1. The number of ether oxygens (including phenoxy) is 1. The van der Waals surface area contributed by atoms with Crippen molar-refractivity contribution in [2.24, 2.45) is 0 Å². The third kappa shape index (κ3) is 2.52. The SMILES string of the molecule is CCC1CNC(c2ccccc2)CN1C1CC2CCC1O2. The quantitative estimate of drug-likeness (QED) is 0.924. The maximum Gasteiger partial charge on any atom is 0.0736 e. The van der Waals surface area contributed by atoms with Gasteiger partial charge in [0, 0.05) is 31.2 Å². The number of hydrogen-bond acceptors (Lipinski definition) is 3. The third-order valence-electron chi connectivity index (χ3n) is 5.64. The van der Waals surface area contributed by atoms with Crippen molar-refractivity contribution in [1.82, 2.24) is 10.2 Å². The van der Waals surface area contributed by atoms with Crippen molar-refractivity contribution in [2.45, 2.75) is 62.9 Å². The Labute approximate surface area is 127 Å². The van der Waals surface area contributed by atoms with Crippen LogP contribution in [0.4, 0.5) is 0 Å². The highest BCUT2D eigenvalue weighted by Gasteiger charge is 2.46. The molecule has 1 aromatic carbocycles. The van der Waals surface area contributed by atoms with Gasteiger partial charge in [-0.1, -0.05) is 37.3 Å². The number of rotatable bonds is 3. The first-order chi connectivity index (χ1) is 10.3. The first-order valence-corrected chi connectivity index (χ1v) is 8.54. The predicted molar refractivity (Wildman–Crippen MR) is 84.3 cm³/mol. The minimum Gasteiger partial charge on any atom is -0.373 e. The van der Waals surface area contributed by atoms with Gasteiger partial charge >= 0.3 is 0 Å². The van der Waals surface area contributed by atoms with Crippen molar-refractivity contribution in [2.75, 3.05) is 13.1 Å². The van der Waals surface area contributed by atoms with Gasteiger partial charge in [-0.3, -0.25) is 4.90 Å². The first kappa shape index (κ1) is 13.7. The Morgan fingerprint density at radius 3 is 2.76 bits per heavy atom. The second-order valence-electron chi connectivity index (χ2n) is 6.81. The summed E-state index contributed by atoms with van der Waals surface area (Å²) in [5.74, 6) is 0. The third-order valence-corrected chi connectivity index (χ3v) is 5.64. The van der Waals surface area contributed by atoms with E-state index in [9.17, 15) is 0 Å². The molecule has 0 radical (unpaired) electrons. The zero-order valence-corrected chi connectivity index (χ0v) is 12.9. The molecule has 3 nitrogen and oxygen atoms in total. The Morgan fingerprint density at radius 2 is 2.10 bits per heavy atom. The molecule has 4 rings (SSSR count). The Bertz CT molecular complexity index is 477. The van der Waals surface area contributed by atoms with E-state index < -0.39 is 0 Å². The van der Waals surface area contributed by atoms with Gasteiger partial charge in [0.05, 0.1) is 12.2 Å². The molecule has 2 bridgehead atoms. The minimum absolute atomic E-state index is 0.466. The summed E-state index contributed by atoms with van der Waals surface area (Å²) in [6.07, 6.45) is 6.07. The predicted octanol–water partition coefficient (Wildman–Crippen LogP) is 2.73. The molecule has 3 heterocycles. The van der Waals surface area contributed by atoms with Gasteiger partial charge in [0.1, 0.15) is 0 Å². The molecule has 1 N–H and O–H groups in total. The van der Waals surface area contributed by atoms with Crippen LogP contribution in [-0.4, -0.2) is 42.3 Å². The molecule has 3 aliphatic heterocycles. The molecular formula is C18H26N2O. The number of fused-ring (bicyclic) bond motifs is 2. The summed E-state index contributed by atoms with van der Waals surface area (Å²) in [5, 5.41) is 3.75. The molecule has 0 aliphatic carbocycles. The van der Waals surface area contributed by atoms with Gasteiger partial charge < -0.3 is 10.1 Å². The van der Waals surface area contributed by atoms with Gasteiger partial charge in [0.25, 0.3) is 0 Å². The smallest absolute Gasteiger partial charge is 0.0736 e. The molecule has 21 heavy (non-hydrogen) atoms. The van der Waals surface area contributed by atoms with E-state index in [2.05, 4.69) is 47.5 Å². The molecule has 3 aliphatic rings. The van der Waals surface area contributed by atoms with E-state index in [4.69, 9.17) is 4.74 Å². The minimum atomic E-state index is 0.466. The van der Waals surface area contributed by atoms with Crippen LogP contribution in [0.2, 0.25) is 0 Å². The second-order valence-corrected chi connectivity index (χ2v) is 6.81. The normalized spacial score (nSPS) is 39.8. The lowest BCUT2D eigenvalue weighted by Crippen LogP contribution is -2.58. The summed E-state index contributed by atoms with van der Waals surface area (Å²) in [7, 11) is 0. The van der Waals surface area contributed by atoms with E-state index in [0.29, 0.717) is 30.3 Å². The van der Waals surface area contributed by atoms with Crippen molar-refractivity contribution >= 4 is 0 Å². The molecule has 3 heteroatoms. The van der Waals surface area contributed by atoms with E-state index in [0.717, 1.165) is 13.1 Å². The highest BCUT2D eigenvalue weighted by atomic mass is 16.5. The van der Waals surface area contributed by atoms with E-state index in [-0.39, 0.29) is 0 Å². The van der Waals surface area contributed by atoms with Crippen LogP contribution in [0.1, 0.15) is 44.2 Å². The van der Waals surface area contributed by atoms with E-state index in [1.54, 1.807) is 0 Å². The molecule has 1 aromatic rings. The Kier molecular flexibility index (Phi) is 3.74. The van der Waals surface area contributed by atoms with Crippen LogP contribution < -0.4 is 5.32 Å². The van der Waals surface area contributed by atoms with Gasteiger partial charge in [-0.25, -0.2) is 0 Å². The van der Waals surface area contributed by atoms with Gasteiger partial charge in [-0.15, -0.1) is 0 Å². The molecule has 3 fully saturated rings. The average molecular weight is 286 g/mol. The van der Waals surface area contributed by atoms with Crippen molar-refractivity contribution in [3.8, 4) is 0 Å². The summed E-state index contributed by atoms with van der Waals surface area (Å²) >= 11 is 0. The van der Waals surface area contributed by atoms with Gasteiger partial charge in [-0.05, 0) is 31.2 Å². The maximum absolute atomic E-state index is 6.11. The molecule has 0 aromatic heterocycles. The monoisotopic (exact) mass is 286 g/mol. The lowest BCUT2D eigenvalue weighted by molar-refractivity contribution is 0.0293. The number of benzene rings is 1. The van der Waals surface area contributed by atoms with Crippen LogP contribution in [0.25, 0.3) is 0 Å². The molecule has 5 unspecified atom stereocenters. The Hall–Kier alpha value is -0.900. The van der Waals surface area contributed by atoms with Crippen molar-refractivity contribution < 1.29 is 4.74 Å². The summed E-state index contributed by atoms with van der Waals surface area (Å²) in [6.45, 7) is 4.54.